The number of nitrogens with one attached hydrogen (secondary N) is 1. The van der Waals surface area contributed by atoms with Gasteiger partial charge in [-0.05, 0) is 32.0 Å². The molecule has 1 nitrogen and oxygen atoms in total. The molecule has 0 radical (unpaired) electrons. The van der Waals surface area contributed by atoms with Gasteiger partial charge in [-0.15, -0.1) is 0 Å². The lowest BCUT2D eigenvalue weighted by molar-refractivity contribution is 0.887. The van der Waals surface area contributed by atoms with E-state index in [1.165, 1.54) is 5.57 Å². The zero-order valence-corrected chi connectivity index (χ0v) is 9.70. The topological polar surface area (TPSA) is 12.0 Å². The lowest BCUT2D eigenvalue weighted by Crippen LogP contribution is -2.10. The Morgan fingerprint density at radius 2 is 1.69 bits per heavy atom. The van der Waals surface area contributed by atoms with Gasteiger partial charge in [0, 0.05) is 6.54 Å². The fourth-order valence-electron chi connectivity index (χ4n) is 0.824. The molecule has 76 valence electrons. The standard InChI is InChI=1S/C10H17N.C2H6/c1-8(2)6-9(3)10(4)7-11-5;1-2/h6,11H,1,4,7H2,2-3,5H3;1-2H3/b9-6-;. The molecular formula is C12H23N. The van der Waals surface area contributed by atoms with Crippen molar-refractivity contribution >= 4 is 0 Å². The van der Waals surface area contributed by atoms with Gasteiger partial charge in [-0.3, -0.25) is 0 Å². The van der Waals surface area contributed by atoms with Crippen molar-refractivity contribution in [3.8, 4) is 0 Å². The summed E-state index contributed by atoms with van der Waals surface area (Å²) in [6.07, 6.45) is 2.04. The molecule has 13 heavy (non-hydrogen) atoms. The second-order valence-corrected chi connectivity index (χ2v) is 2.81. The van der Waals surface area contributed by atoms with Gasteiger partial charge in [-0.1, -0.05) is 38.7 Å². The van der Waals surface area contributed by atoms with Gasteiger partial charge in [-0.25, -0.2) is 0 Å². The Balaban J connectivity index is 0. The fraction of sp³-hybridized carbons (Fsp3) is 0.500. The molecule has 0 aromatic rings. The third kappa shape index (κ3) is 9.09. The van der Waals surface area contributed by atoms with Crippen LogP contribution in [-0.2, 0) is 0 Å². The van der Waals surface area contributed by atoms with Gasteiger partial charge in [0.15, 0.2) is 0 Å². The third-order valence-corrected chi connectivity index (χ3v) is 1.41. The molecule has 0 saturated heterocycles. The molecule has 0 atom stereocenters. The first kappa shape index (κ1) is 14.7. The second kappa shape index (κ2) is 9.27. The van der Waals surface area contributed by atoms with Crippen LogP contribution < -0.4 is 5.32 Å². The monoisotopic (exact) mass is 181 g/mol. The Bertz CT molecular complexity index is 187. The van der Waals surface area contributed by atoms with Gasteiger partial charge in [0.25, 0.3) is 0 Å². The average molecular weight is 181 g/mol. The Morgan fingerprint density at radius 3 is 2.00 bits per heavy atom. The molecule has 1 heteroatoms. The number of allylic oxidation sites excluding steroid dienone is 2. The summed E-state index contributed by atoms with van der Waals surface area (Å²) in [5.41, 5.74) is 3.39. The van der Waals surface area contributed by atoms with Crippen LogP contribution in [0.1, 0.15) is 27.7 Å². The number of rotatable bonds is 4. The van der Waals surface area contributed by atoms with Crippen molar-refractivity contribution in [2.24, 2.45) is 0 Å². The van der Waals surface area contributed by atoms with Crippen molar-refractivity contribution in [2.45, 2.75) is 27.7 Å². The van der Waals surface area contributed by atoms with Crippen molar-refractivity contribution < 1.29 is 0 Å². The molecule has 0 unspecified atom stereocenters. The first-order valence-corrected chi connectivity index (χ1v) is 4.74. The first-order chi connectivity index (χ1) is 6.07. The molecule has 0 heterocycles. The summed E-state index contributed by atoms with van der Waals surface area (Å²) in [7, 11) is 1.92. The van der Waals surface area contributed by atoms with E-state index in [0.29, 0.717) is 0 Å². The third-order valence-electron chi connectivity index (χ3n) is 1.41. The SMILES string of the molecule is C=C(C)/C=C(/C)C(=C)CNC.CC. The maximum Gasteiger partial charge on any atom is 0.0199 e. The van der Waals surface area contributed by atoms with Crippen LogP contribution in [0, 0.1) is 0 Å². The molecular weight excluding hydrogens is 158 g/mol. The zero-order valence-electron chi connectivity index (χ0n) is 9.70. The van der Waals surface area contributed by atoms with Crippen molar-refractivity contribution in [3.05, 3.63) is 36.0 Å². The number of likely N-dealkylation sites (N-methyl/N-ethyl adjacent to an activating group) is 1. The fourth-order valence-corrected chi connectivity index (χ4v) is 0.824. The summed E-state index contributed by atoms with van der Waals surface area (Å²) in [4.78, 5) is 0. The number of hydrogen-bond acceptors (Lipinski definition) is 1. The predicted octanol–water partition coefficient (Wildman–Crippen LogP) is 3.31. The minimum Gasteiger partial charge on any atom is -0.316 e. The summed E-state index contributed by atoms with van der Waals surface area (Å²) in [6.45, 7) is 16.6. The Labute approximate surface area is 83.2 Å². The van der Waals surface area contributed by atoms with E-state index in [1.807, 2.05) is 40.8 Å². The quantitative estimate of drug-likeness (QED) is 0.656. The molecule has 0 saturated carbocycles. The van der Waals surface area contributed by atoms with E-state index in [2.05, 4.69) is 18.5 Å². The largest absolute Gasteiger partial charge is 0.316 e. The molecule has 0 aliphatic heterocycles. The van der Waals surface area contributed by atoms with Crippen molar-refractivity contribution in [1.82, 2.24) is 5.32 Å². The van der Waals surface area contributed by atoms with Crippen LogP contribution in [0.2, 0.25) is 0 Å². The molecule has 0 fully saturated rings. The Hall–Kier alpha value is -0.820. The minimum absolute atomic E-state index is 0.843. The summed E-state index contributed by atoms with van der Waals surface area (Å²) >= 11 is 0. The van der Waals surface area contributed by atoms with Gasteiger partial charge in [0.05, 0.1) is 0 Å². The molecule has 1 N–H and O–H groups in total. The maximum absolute atomic E-state index is 3.93. The summed E-state index contributed by atoms with van der Waals surface area (Å²) in [5.74, 6) is 0. The molecule has 0 aliphatic rings. The summed E-state index contributed by atoms with van der Waals surface area (Å²) in [5, 5.41) is 3.05. The molecule has 0 aromatic carbocycles. The van der Waals surface area contributed by atoms with Gasteiger partial charge >= 0.3 is 0 Å². The zero-order chi connectivity index (χ0) is 10.9. The van der Waals surface area contributed by atoms with Crippen LogP contribution in [-0.4, -0.2) is 13.6 Å². The highest BCUT2D eigenvalue weighted by molar-refractivity contribution is 5.32. The van der Waals surface area contributed by atoms with Gasteiger partial charge in [0.2, 0.25) is 0 Å². The first-order valence-electron chi connectivity index (χ1n) is 4.74. The molecule has 0 amide bonds. The van der Waals surface area contributed by atoms with E-state index < -0.39 is 0 Å². The summed E-state index contributed by atoms with van der Waals surface area (Å²) in [6, 6.07) is 0. The maximum atomic E-state index is 3.93. The van der Waals surface area contributed by atoms with Crippen LogP contribution in [0.3, 0.4) is 0 Å². The highest BCUT2D eigenvalue weighted by Gasteiger charge is 1.93. The van der Waals surface area contributed by atoms with E-state index in [4.69, 9.17) is 0 Å². The van der Waals surface area contributed by atoms with E-state index in [9.17, 15) is 0 Å². The van der Waals surface area contributed by atoms with E-state index in [-0.39, 0.29) is 0 Å². The minimum atomic E-state index is 0.843. The van der Waals surface area contributed by atoms with E-state index >= 15 is 0 Å². The highest BCUT2D eigenvalue weighted by Crippen LogP contribution is 2.07. The average Bonchev–Trinajstić information content (AvgIpc) is 2.07. The van der Waals surface area contributed by atoms with Gasteiger partial charge in [-0.2, -0.15) is 0 Å². The van der Waals surface area contributed by atoms with Crippen molar-refractivity contribution in [1.29, 1.82) is 0 Å². The molecule has 0 rings (SSSR count). The smallest absolute Gasteiger partial charge is 0.0199 e. The van der Waals surface area contributed by atoms with Crippen LogP contribution in [0.15, 0.2) is 36.0 Å². The molecule has 0 spiro atoms. The number of hydrogen-bond donors (Lipinski definition) is 1. The van der Waals surface area contributed by atoms with E-state index in [0.717, 1.165) is 17.7 Å². The van der Waals surface area contributed by atoms with Gasteiger partial charge < -0.3 is 5.32 Å². The van der Waals surface area contributed by atoms with E-state index in [1.54, 1.807) is 0 Å². The highest BCUT2D eigenvalue weighted by atomic mass is 14.8. The van der Waals surface area contributed by atoms with Crippen LogP contribution >= 0.6 is 0 Å². The molecule has 0 bridgehead atoms. The lowest BCUT2D eigenvalue weighted by atomic mass is 10.1. The summed E-state index contributed by atoms with van der Waals surface area (Å²) < 4.78 is 0. The van der Waals surface area contributed by atoms with Crippen LogP contribution in [0.25, 0.3) is 0 Å². The lowest BCUT2D eigenvalue weighted by Gasteiger charge is -2.04. The Morgan fingerprint density at radius 1 is 1.23 bits per heavy atom. The Kier molecular flexibility index (Phi) is 10.5. The van der Waals surface area contributed by atoms with Crippen LogP contribution in [0.5, 0.6) is 0 Å². The molecule has 0 aliphatic carbocycles. The van der Waals surface area contributed by atoms with Crippen molar-refractivity contribution in [2.75, 3.05) is 13.6 Å². The van der Waals surface area contributed by atoms with Gasteiger partial charge in [0.1, 0.15) is 0 Å². The predicted molar refractivity (Wildman–Crippen MR) is 63.0 cm³/mol. The molecule has 0 aromatic heterocycles. The second-order valence-electron chi connectivity index (χ2n) is 2.81. The van der Waals surface area contributed by atoms with Crippen LogP contribution in [0.4, 0.5) is 0 Å². The van der Waals surface area contributed by atoms with Crippen molar-refractivity contribution in [3.63, 3.8) is 0 Å². The normalized spacial score (nSPS) is 10.1.